The van der Waals surface area contributed by atoms with Gasteiger partial charge in [0.15, 0.2) is 6.61 Å². The van der Waals surface area contributed by atoms with E-state index in [9.17, 15) is 9.59 Å². The lowest BCUT2D eigenvalue weighted by Gasteiger charge is -2.18. The van der Waals surface area contributed by atoms with Gasteiger partial charge < -0.3 is 15.4 Å². The number of carbonyl (C=O) groups is 2. The Kier molecular flexibility index (Phi) is 9.01. The van der Waals surface area contributed by atoms with Crippen LogP contribution in [0.4, 0.5) is 0 Å². The van der Waals surface area contributed by atoms with Crippen LogP contribution in [0.15, 0.2) is 54.6 Å². The quantitative estimate of drug-likeness (QED) is 0.635. The summed E-state index contributed by atoms with van der Waals surface area (Å²) in [4.78, 5) is 24.7. The number of halogens is 1. The highest BCUT2D eigenvalue weighted by Crippen LogP contribution is 2.10. The van der Waals surface area contributed by atoms with Crippen LogP contribution in [0.3, 0.4) is 0 Å². The molecule has 2 aromatic carbocycles. The first kappa shape index (κ1) is 21.1. The normalized spacial score (nSPS) is 11.5. The van der Waals surface area contributed by atoms with Crippen molar-refractivity contribution in [3.05, 3.63) is 65.2 Å². The second-order valence-electron chi connectivity index (χ2n) is 5.85. The number of benzene rings is 2. The van der Waals surface area contributed by atoms with E-state index in [-0.39, 0.29) is 18.4 Å². The highest BCUT2D eigenvalue weighted by atomic mass is 35.5. The van der Waals surface area contributed by atoms with Crippen LogP contribution >= 0.6 is 23.4 Å². The molecule has 2 aromatic rings. The molecule has 144 valence electrons. The first-order valence-corrected chi connectivity index (χ1v) is 10.3. The number of hydrogen-bond donors (Lipinski definition) is 2. The Morgan fingerprint density at radius 1 is 1.11 bits per heavy atom. The van der Waals surface area contributed by atoms with E-state index in [1.807, 2.05) is 36.6 Å². The molecular weight excluding hydrogens is 384 g/mol. The molecule has 0 aliphatic rings. The van der Waals surface area contributed by atoms with Crippen molar-refractivity contribution in [2.24, 2.45) is 0 Å². The second kappa shape index (κ2) is 11.5. The third kappa shape index (κ3) is 7.93. The van der Waals surface area contributed by atoms with E-state index in [1.54, 1.807) is 36.0 Å². The number of carbonyl (C=O) groups excluding carboxylic acids is 2. The van der Waals surface area contributed by atoms with Crippen molar-refractivity contribution in [2.75, 3.05) is 18.6 Å². The highest BCUT2D eigenvalue weighted by molar-refractivity contribution is 7.98. The number of para-hydroxylation sites is 1. The van der Waals surface area contributed by atoms with Crippen LogP contribution in [-0.4, -0.2) is 36.5 Å². The maximum Gasteiger partial charge on any atom is 0.258 e. The molecule has 0 aromatic heterocycles. The molecular formula is C20H23ClN2O3S. The van der Waals surface area contributed by atoms with Crippen molar-refractivity contribution in [3.8, 4) is 5.75 Å². The van der Waals surface area contributed by atoms with Gasteiger partial charge in [-0.15, -0.1) is 0 Å². The van der Waals surface area contributed by atoms with E-state index in [2.05, 4.69) is 10.6 Å². The van der Waals surface area contributed by atoms with Gasteiger partial charge in [0.2, 0.25) is 5.91 Å². The molecule has 2 rings (SSSR count). The minimum atomic E-state index is -0.600. The summed E-state index contributed by atoms with van der Waals surface area (Å²) in [7, 11) is 0. The van der Waals surface area contributed by atoms with Crippen LogP contribution in [0.1, 0.15) is 12.0 Å². The third-order valence-corrected chi connectivity index (χ3v) is 4.65. The zero-order valence-electron chi connectivity index (χ0n) is 15.1. The molecule has 7 heteroatoms. The molecule has 5 nitrogen and oxygen atoms in total. The van der Waals surface area contributed by atoms with Crippen molar-refractivity contribution in [1.29, 1.82) is 0 Å². The van der Waals surface area contributed by atoms with Gasteiger partial charge >= 0.3 is 0 Å². The Labute approximate surface area is 168 Å². The lowest BCUT2D eigenvalue weighted by Crippen LogP contribution is -2.48. The summed E-state index contributed by atoms with van der Waals surface area (Å²) in [5.41, 5.74) is 0.940. The molecule has 1 atom stereocenters. The van der Waals surface area contributed by atoms with Crippen molar-refractivity contribution < 1.29 is 14.3 Å². The van der Waals surface area contributed by atoms with Gasteiger partial charge in [0.05, 0.1) is 0 Å². The summed E-state index contributed by atoms with van der Waals surface area (Å²) < 4.78 is 5.43. The maximum absolute atomic E-state index is 12.5. The van der Waals surface area contributed by atoms with Crippen molar-refractivity contribution >= 4 is 35.2 Å². The summed E-state index contributed by atoms with van der Waals surface area (Å²) in [6.07, 6.45) is 2.51. The molecule has 0 radical (unpaired) electrons. The standard InChI is InChI=1S/C20H23ClN2O3S/c1-27-12-11-18(20(25)22-13-15-7-9-16(21)10-8-15)23-19(24)14-26-17-5-3-2-4-6-17/h2-10,18H,11-14H2,1H3,(H,22,25)(H,23,24)/t18-/m0/s1. The molecule has 0 aliphatic carbocycles. The minimum absolute atomic E-state index is 0.135. The maximum atomic E-state index is 12.5. The number of amides is 2. The zero-order chi connectivity index (χ0) is 19.5. The summed E-state index contributed by atoms with van der Waals surface area (Å²) in [6, 6.07) is 15.7. The van der Waals surface area contributed by atoms with Crippen LogP contribution in [0.5, 0.6) is 5.75 Å². The van der Waals surface area contributed by atoms with E-state index < -0.39 is 6.04 Å². The van der Waals surface area contributed by atoms with E-state index in [1.165, 1.54) is 0 Å². The Balaban J connectivity index is 1.85. The second-order valence-corrected chi connectivity index (χ2v) is 7.27. The van der Waals surface area contributed by atoms with Crippen LogP contribution < -0.4 is 15.4 Å². The third-order valence-electron chi connectivity index (χ3n) is 3.76. The number of nitrogens with one attached hydrogen (secondary N) is 2. The fraction of sp³-hybridized carbons (Fsp3) is 0.300. The fourth-order valence-electron chi connectivity index (χ4n) is 2.32. The number of hydrogen-bond acceptors (Lipinski definition) is 4. The van der Waals surface area contributed by atoms with Crippen LogP contribution in [0.2, 0.25) is 5.02 Å². The molecule has 2 amide bonds. The van der Waals surface area contributed by atoms with Gasteiger partial charge in [-0.05, 0) is 48.3 Å². The van der Waals surface area contributed by atoms with Gasteiger partial charge in [0.25, 0.3) is 5.91 Å². The van der Waals surface area contributed by atoms with Crippen LogP contribution in [0.25, 0.3) is 0 Å². The van der Waals surface area contributed by atoms with Gasteiger partial charge in [-0.25, -0.2) is 0 Å². The molecule has 0 bridgehead atoms. The summed E-state index contributed by atoms with van der Waals surface area (Å²) in [6.45, 7) is 0.242. The average molecular weight is 407 g/mol. The highest BCUT2D eigenvalue weighted by Gasteiger charge is 2.20. The first-order valence-electron chi connectivity index (χ1n) is 8.57. The zero-order valence-corrected chi connectivity index (χ0v) is 16.7. The SMILES string of the molecule is CSCC[C@H](NC(=O)COc1ccccc1)C(=O)NCc1ccc(Cl)cc1. The summed E-state index contributed by atoms with van der Waals surface area (Å²) in [5, 5.41) is 6.26. The Morgan fingerprint density at radius 3 is 2.48 bits per heavy atom. The number of thioether (sulfide) groups is 1. The summed E-state index contributed by atoms with van der Waals surface area (Å²) in [5.74, 6) is 0.831. The summed E-state index contributed by atoms with van der Waals surface area (Å²) >= 11 is 7.49. The van der Waals surface area contributed by atoms with E-state index >= 15 is 0 Å². The Hall–Kier alpha value is -2.18. The Bertz CT molecular complexity index is 726. The molecule has 0 saturated carbocycles. The molecule has 2 N–H and O–H groups in total. The topological polar surface area (TPSA) is 67.4 Å². The monoisotopic (exact) mass is 406 g/mol. The van der Waals surface area contributed by atoms with Gasteiger partial charge in [-0.1, -0.05) is 41.9 Å². The van der Waals surface area contributed by atoms with E-state index in [0.717, 1.165) is 11.3 Å². The number of rotatable bonds is 10. The average Bonchev–Trinajstić information content (AvgIpc) is 2.69. The minimum Gasteiger partial charge on any atom is -0.484 e. The molecule has 0 saturated heterocycles. The van der Waals surface area contributed by atoms with Crippen molar-refractivity contribution in [1.82, 2.24) is 10.6 Å². The van der Waals surface area contributed by atoms with Crippen LogP contribution in [0, 0.1) is 0 Å². The first-order chi connectivity index (χ1) is 13.1. The van der Waals surface area contributed by atoms with Crippen LogP contribution in [-0.2, 0) is 16.1 Å². The molecule has 0 fully saturated rings. The predicted octanol–water partition coefficient (Wildman–Crippen LogP) is 3.27. The predicted molar refractivity (Wildman–Crippen MR) is 110 cm³/mol. The smallest absolute Gasteiger partial charge is 0.258 e. The molecule has 0 heterocycles. The van der Waals surface area contributed by atoms with Gasteiger partial charge in [-0.3, -0.25) is 9.59 Å². The van der Waals surface area contributed by atoms with Gasteiger partial charge in [0, 0.05) is 11.6 Å². The van der Waals surface area contributed by atoms with E-state index in [0.29, 0.717) is 23.7 Å². The molecule has 0 unspecified atom stereocenters. The Morgan fingerprint density at radius 2 is 1.81 bits per heavy atom. The largest absolute Gasteiger partial charge is 0.484 e. The van der Waals surface area contributed by atoms with Crippen molar-refractivity contribution in [2.45, 2.75) is 19.0 Å². The molecule has 0 spiro atoms. The fourth-order valence-corrected chi connectivity index (χ4v) is 2.92. The lowest BCUT2D eigenvalue weighted by molar-refractivity contribution is -0.130. The van der Waals surface area contributed by atoms with Gasteiger partial charge in [0.1, 0.15) is 11.8 Å². The van der Waals surface area contributed by atoms with Gasteiger partial charge in [-0.2, -0.15) is 11.8 Å². The molecule has 27 heavy (non-hydrogen) atoms. The lowest BCUT2D eigenvalue weighted by atomic mass is 10.2. The van der Waals surface area contributed by atoms with Crippen molar-refractivity contribution in [3.63, 3.8) is 0 Å². The number of ether oxygens (including phenoxy) is 1. The van der Waals surface area contributed by atoms with E-state index in [4.69, 9.17) is 16.3 Å². The molecule has 0 aliphatic heterocycles.